The third-order valence-corrected chi connectivity index (χ3v) is 4.82. The van der Waals surface area contributed by atoms with E-state index in [1.807, 2.05) is 18.2 Å². The summed E-state index contributed by atoms with van der Waals surface area (Å²) in [6.07, 6.45) is 7.98. The minimum atomic E-state index is -0.162. The van der Waals surface area contributed by atoms with Gasteiger partial charge in [0.05, 0.1) is 5.60 Å². The SMILES string of the molecule is CCOC1(C(N)Cc2ccccc2Cl)CCCCCC1. The van der Waals surface area contributed by atoms with Crippen molar-refractivity contribution < 1.29 is 4.74 Å². The molecule has 1 fully saturated rings. The second-order valence-electron chi connectivity index (χ2n) is 5.81. The quantitative estimate of drug-likeness (QED) is 0.820. The second-order valence-corrected chi connectivity index (χ2v) is 6.22. The van der Waals surface area contributed by atoms with Crippen LogP contribution in [0.4, 0.5) is 0 Å². The summed E-state index contributed by atoms with van der Waals surface area (Å²) in [4.78, 5) is 0. The molecule has 20 heavy (non-hydrogen) atoms. The molecule has 2 nitrogen and oxygen atoms in total. The van der Waals surface area contributed by atoms with E-state index in [4.69, 9.17) is 22.1 Å². The van der Waals surface area contributed by atoms with Crippen LogP contribution in [0.15, 0.2) is 24.3 Å². The lowest BCUT2D eigenvalue weighted by molar-refractivity contribution is -0.0683. The zero-order valence-electron chi connectivity index (χ0n) is 12.4. The molecule has 1 aliphatic carbocycles. The first kappa shape index (κ1) is 15.8. The van der Waals surface area contributed by atoms with E-state index in [-0.39, 0.29) is 11.6 Å². The molecule has 3 heteroatoms. The maximum atomic E-state index is 6.56. The van der Waals surface area contributed by atoms with E-state index >= 15 is 0 Å². The average molecular weight is 296 g/mol. The first-order valence-corrected chi connectivity index (χ1v) is 8.19. The third-order valence-electron chi connectivity index (χ3n) is 4.46. The zero-order valence-corrected chi connectivity index (χ0v) is 13.2. The van der Waals surface area contributed by atoms with Gasteiger partial charge in [-0.2, -0.15) is 0 Å². The molecule has 1 aliphatic rings. The van der Waals surface area contributed by atoms with Gasteiger partial charge in [-0.1, -0.05) is 55.5 Å². The van der Waals surface area contributed by atoms with Gasteiger partial charge in [-0.3, -0.25) is 0 Å². The van der Waals surface area contributed by atoms with Crippen LogP contribution < -0.4 is 5.73 Å². The van der Waals surface area contributed by atoms with Gasteiger partial charge >= 0.3 is 0 Å². The molecule has 1 saturated carbocycles. The minimum absolute atomic E-state index is 0.0143. The van der Waals surface area contributed by atoms with Crippen molar-refractivity contribution >= 4 is 11.6 Å². The van der Waals surface area contributed by atoms with Gasteiger partial charge in [-0.05, 0) is 37.8 Å². The molecule has 112 valence electrons. The summed E-state index contributed by atoms with van der Waals surface area (Å²) < 4.78 is 6.16. The highest BCUT2D eigenvalue weighted by Gasteiger charge is 2.37. The highest BCUT2D eigenvalue weighted by atomic mass is 35.5. The average Bonchev–Trinajstić information content (AvgIpc) is 2.68. The molecular weight excluding hydrogens is 270 g/mol. The van der Waals surface area contributed by atoms with Crippen LogP contribution in [0.5, 0.6) is 0 Å². The van der Waals surface area contributed by atoms with Crippen molar-refractivity contribution in [3.8, 4) is 0 Å². The zero-order chi connectivity index (χ0) is 14.4. The predicted molar refractivity (Wildman–Crippen MR) is 85.2 cm³/mol. The van der Waals surface area contributed by atoms with E-state index in [1.165, 1.54) is 25.7 Å². The minimum Gasteiger partial charge on any atom is -0.374 e. The molecule has 0 bridgehead atoms. The Bertz CT molecular complexity index is 413. The Morgan fingerprint density at radius 3 is 2.45 bits per heavy atom. The van der Waals surface area contributed by atoms with Gasteiger partial charge in [0.15, 0.2) is 0 Å². The smallest absolute Gasteiger partial charge is 0.0835 e. The molecule has 0 aromatic heterocycles. The second kappa shape index (κ2) is 7.44. The fourth-order valence-corrected chi connectivity index (χ4v) is 3.54. The Balaban J connectivity index is 2.14. The molecule has 1 aromatic carbocycles. The third kappa shape index (κ3) is 3.75. The summed E-state index contributed by atoms with van der Waals surface area (Å²) in [5.74, 6) is 0. The number of nitrogens with two attached hydrogens (primary N) is 1. The molecule has 0 amide bonds. The monoisotopic (exact) mass is 295 g/mol. The fraction of sp³-hybridized carbons (Fsp3) is 0.647. The Morgan fingerprint density at radius 2 is 1.85 bits per heavy atom. The van der Waals surface area contributed by atoms with Crippen molar-refractivity contribution in [2.45, 2.75) is 63.5 Å². The molecule has 0 saturated heterocycles. The van der Waals surface area contributed by atoms with E-state index in [0.29, 0.717) is 0 Å². The summed E-state index contributed by atoms with van der Waals surface area (Å²) in [7, 11) is 0. The van der Waals surface area contributed by atoms with Crippen LogP contribution in [-0.4, -0.2) is 18.2 Å². The van der Waals surface area contributed by atoms with Crippen LogP contribution >= 0.6 is 11.6 Å². The highest BCUT2D eigenvalue weighted by Crippen LogP contribution is 2.34. The molecule has 0 spiro atoms. The van der Waals surface area contributed by atoms with E-state index in [2.05, 4.69) is 13.0 Å². The Labute approximate surface area is 127 Å². The Morgan fingerprint density at radius 1 is 1.20 bits per heavy atom. The molecule has 0 heterocycles. The number of ether oxygens (including phenoxy) is 1. The predicted octanol–water partition coefficient (Wildman–Crippen LogP) is 4.34. The van der Waals surface area contributed by atoms with Gasteiger partial charge in [-0.25, -0.2) is 0 Å². The fourth-order valence-electron chi connectivity index (χ4n) is 3.32. The maximum Gasteiger partial charge on any atom is 0.0835 e. The van der Waals surface area contributed by atoms with Crippen molar-refractivity contribution in [1.82, 2.24) is 0 Å². The highest BCUT2D eigenvalue weighted by molar-refractivity contribution is 6.31. The van der Waals surface area contributed by atoms with Crippen LogP contribution in [-0.2, 0) is 11.2 Å². The van der Waals surface area contributed by atoms with Crippen molar-refractivity contribution in [3.63, 3.8) is 0 Å². The lowest BCUT2D eigenvalue weighted by Crippen LogP contribution is -2.51. The summed E-state index contributed by atoms with van der Waals surface area (Å²) in [6.45, 7) is 2.80. The van der Waals surface area contributed by atoms with Crippen LogP contribution in [0.1, 0.15) is 51.0 Å². The van der Waals surface area contributed by atoms with E-state index < -0.39 is 0 Å². The normalized spacial score (nSPS) is 20.4. The van der Waals surface area contributed by atoms with E-state index in [9.17, 15) is 0 Å². The largest absolute Gasteiger partial charge is 0.374 e. The lowest BCUT2D eigenvalue weighted by atomic mass is 9.83. The molecule has 2 N–H and O–H groups in total. The first-order chi connectivity index (χ1) is 9.68. The molecule has 1 aromatic rings. The number of rotatable bonds is 5. The summed E-state index contributed by atoms with van der Waals surface area (Å²) in [5.41, 5.74) is 7.52. The molecule has 1 atom stereocenters. The van der Waals surface area contributed by atoms with Gasteiger partial charge in [0.1, 0.15) is 0 Å². The van der Waals surface area contributed by atoms with Gasteiger partial charge in [0, 0.05) is 17.7 Å². The number of halogens is 1. The van der Waals surface area contributed by atoms with Crippen molar-refractivity contribution in [2.24, 2.45) is 5.73 Å². The van der Waals surface area contributed by atoms with E-state index in [0.717, 1.165) is 36.5 Å². The summed E-state index contributed by atoms with van der Waals surface area (Å²) in [6, 6.07) is 8.00. The van der Waals surface area contributed by atoms with Gasteiger partial charge < -0.3 is 10.5 Å². The first-order valence-electron chi connectivity index (χ1n) is 7.81. The molecule has 2 rings (SSSR count). The van der Waals surface area contributed by atoms with Gasteiger partial charge in [-0.15, -0.1) is 0 Å². The van der Waals surface area contributed by atoms with Crippen LogP contribution in [0.2, 0.25) is 5.02 Å². The number of benzene rings is 1. The lowest BCUT2D eigenvalue weighted by Gasteiger charge is -2.38. The van der Waals surface area contributed by atoms with Crippen LogP contribution in [0.3, 0.4) is 0 Å². The Hall–Kier alpha value is -0.570. The molecular formula is C17H26ClNO. The van der Waals surface area contributed by atoms with Crippen molar-refractivity contribution in [1.29, 1.82) is 0 Å². The molecule has 1 unspecified atom stereocenters. The number of hydrogen-bond acceptors (Lipinski definition) is 2. The van der Waals surface area contributed by atoms with Crippen LogP contribution in [0, 0.1) is 0 Å². The van der Waals surface area contributed by atoms with Gasteiger partial charge in [0.2, 0.25) is 0 Å². The van der Waals surface area contributed by atoms with Crippen molar-refractivity contribution in [2.75, 3.05) is 6.61 Å². The number of hydrogen-bond donors (Lipinski definition) is 1. The van der Waals surface area contributed by atoms with E-state index in [1.54, 1.807) is 0 Å². The summed E-state index contributed by atoms with van der Waals surface area (Å²) in [5, 5.41) is 0.809. The standard InChI is InChI=1S/C17H26ClNO/c1-2-20-17(11-7-3-4-8-12-17)16(19)13-14-9-5-6-10-15(14)18/h5-6,9-10,16H,2-4,7-8,11-13,19H2,1H3. The van der Waals surface area contributed by atoms with Crippen molar-refractivity contribution in [3.05, 3.63) is 34.9 Å². The topological polar surface area (TPSA) is 35.2 Å². The van der Waals surface area contributed by atoms with Crippen LogP contribution in [0.25, 0.3) is 0 Å². The maximum absolute atomic E-state index is 6.56. The molecule has 0 aliphatic heterocycles. The van der Waals surface area contributed by atoms with Gasteiger partial charge in [0.25, 0.3) is 0 Å². The molecule has 0 radical (unpaired) electrons. The Kier molecular flexibility index (Phi) is 5.88. The summed E-state index contributed by atoms with van der Waals surface area (Å²) >= 11 is 6.27.